The zero-order valence-electron chi connectivity index (χ0n) is 20.5. The molecule has 2 aromatic rings. The van der Waals surface area contributed by atoms with E-state index >= 15 is 0 Å². The monoisotopic (exact) mass is 464 g/mol. The van der Waals surface area contributed by atoms with Crippen LogP contribution in [0.25, 0.3) is 0 Å². The fourth-order valence-electron chi connectivity index (χ4n) is 2.72. The van der Waals surface area contributed by atoms with E-state index in [1.807, 2.05) is 64.3 Å². The summed E-state index contributed by atoms with van der Waals surface area (Å²) in [6, 6.07) is 7.94. The Bertz CT molecular complexity index is 823. The third-order valence-corrected chi connectivity index (χ3v) is 5.16. The van der Waals surface area contributed by atoms with Crippen LogP contribution in [0.4, 0.5) is 5.69 Å². The number of nitrogens with zero attached hydrogens (tertiary/aromatic N) is 5. The van der Waals surface area contributed by atoms with Gasteiger partial charge in [-0.3, -0.25) is 4.48 Å². The highest BCUT2D eigenvalue weighted by atomic mass is 16.6. The summed E-state index contributed by atoms with van der Waals surface area (Å²) >= 11 is 0. The molecule has 2 rings (SSSR count). The highest BCUT2D eigenvalue weighted by Gasteiger charge is 2.28. The first kappa shape index (κ1) is 26.7. The fourth-order valence-corrected chi connectivity index (χ4v) is 2.72. The van der Waals surface area contributed by atoms with Crippen molar-refractivity contribution < 1.29 is 28.2 Å². The van der Waals surface area contributed by atoms with Gasteiger partial charge in [-0.25, -0.2) is 9.48 Å². The average molecular weight is 465 g/mol. The van der Waals surface area contributed by atoms with Crippen LogP contribution in [-0.2, 0) is 20.8 Å². The largest absolute Gasteiger partial charge is 0.491 e. The first-order chi connectivity index (χ1) is 15.8. The molecule has 0 bridgehead atoms. The van der Waals surface area contributed by atoms with Gasteiger partial charge in [0.25, 0.3) is 0 Å². The Morgan fingerprint density at radius 3 is 2.09 bits per heavy atom. The molecule has 0 saturated carbocycles. The standard InChI is InChI=1S/C23H38N5O5/c1-6-28(4,5)23(29)22-19-27(25-24-22)11-12-30-13-14-31-15-16-32-17-18-33-21-9-7-20(8-10-21)26(2)3/h7-10,19H,6,11-18H2,1-5H3/q+1. The summed E-state index contributed by atoms with van der Waals surface area (Å²) in [4.78, 5) is 14.4. The summed E-state index contributed by atoms with van der Waals surface area (Å²) in [5.74, 6) is 0.779. The zero-order chi connectivity index (χ0) is 24.1. The summed E-state index contributed by atoms with van der Waals surface area (Å²) in [7, 11) is 7.72. The molecule has 0 aliphatic heterocycles. The van der Waals surface area contributed by atoms with Crippen molar-refractivity contribution in [3.63, 3.8) is 0 Å². The highest BCUT2D eigenvalue weighted by molar-refractivity contribution is 5.86. The molecule has 0 radical (unpaired) electrons. The lowest BCUT2D eigenvalue weighted by Gasteiger charge is -2.23. The van der Waals surface area contributed by atoms with Crippen LogP contribution in [-0.4, -0.2) is 106 Å². The molecule has 10 heteroatoms. The summed E-state index contributed by atoms with van der Waals surface area (Å²) in [5.41, 5.74) is 1.51. The smallest absolute Gasteiger partial charge is 0.367 e. The third kappa shape index (κ3) is 9.47. The minimum Gasteiger partial charge on any atom is -0.491 e. The Balaban J connectivity index is 1.43. The maximum absolute atomic E-state index is 12.4. The molecule has 184 valence electrons. The number of aromatic nitrogens is 3. The Morgan fingerprint density at radius 1 is 0.939 bits per heavy atom. The molecule has 0 spiro atoms. The Kier molecular flexibility index (Phi) is 11.2. The summed E-state index contributed by atoms with van der Waals surface area (Å²) in [5, 5.41) is 7.96. The summed E-state index contributed by atoms with van der Waals surface area (Å²) in [6.07, 6.45) is 1.66. The molecule has 0 unspecified atom stereocenters. The normalized spacial score (nSPS) is 11.5. The van der Waals surface area contributed by atoms with Crippen molar-refractivity contribution in [2.75, 3.05) is 85.9 Å². The number of carbonyl (C=O) groups excluding carboxylic acids is 1. The van der Waals surface area contributed by atoms with E-state index in [0.717, 1.165) is 11.4 Å². The van der Waals surface area contributed by atoms with Gasteiger partial charge in [-0.05, 0) is 31.2 Å². The van der Waals surface area contributed by atoms with Crippen LogP contribution in [0.2, 0.25) is 0 Å². The van der Waals surface area contributed by atoms with Crippen molar-refractivity contribution in [2.45, 2.75) is 13.5 Å². The number of hydrogen-bond acceptors (Lipinski definition) is 8. The highest BCUT2D eigenvalue weighted by Crippen LogP contribution is 2.17. The lowest BCUT2D eigenvalue weighted by atomic mass is 10.3. The lowest BCUT2D eigenvalue weighted by Crippen LogP contribution is -2.45. The minimum absolute atomic E-state index is 0.0505. The quantitative estimate of drug-likeness (QED) is 0.274. The van der Waals surface area contributed by atoms with Crippen molar-refractivity contribution >= 4 is 11.6 Å². The van der Waals surface area contributed by atoms with Gasteiger partial charge in [0.2, 0.25) is 5.69 Å². The molecule has 1 aromatic carbocycles. The van der Waals surface area contributed by atoms with E-state index in [0.29, 0.717) is 65.0 Å². The Morgan fingerprint density at radius 2 is 1.52 bits per heavy atom. The molecule has 1 heterocycles. The number of ether oxygens (including phenoxy) is 4. The topological polar surface area (TPSA) is 87.9 Å². The molecule has 0 atom stereocenters. The molecule has 1 amide bonds. The number of amides is 1. The van der Waals surface area contributed by atoms with Crippen LogP contribution in [0.15, 0.2) is 30.5 Å². The van der Waals surface area contributed by atoms with Crippen LogP contribution in [0.1, 0.15) is 17.4 Å². The number of hydrogen-bond donors (Lipinski definition) is 0. The number of anilines is 1. The Hall–Kier alpha value is -2.53. The first-order valence-corrected chi connectivity index (χ1v) is 11.2. The molecular weight excluding hydrogens is 426 g/mol. The summed E-state index contributed by atoms with van der Waals surface area (Å²) < 4.78 is 24.1. The van der Waals surface area contributed by atoms with E-state index in [4.69, 9.17) is 18.9 Å². The fraction of sp³-hybridized carbons (Fsp3) is 0.609. The van der Waals surface area contributed by atoms with Crippen LogP contribution < -0.4 is 9.64 Å². The molecule has 0 saturated heterocycles. The van der Waals surface area contributed by atoms with Gasteiger partial charge in [-0.2, -0.15) is 0 Å². The number of benzene rings is 1. The second-order valence-electron chi connectivity index (χ2n) is 8.25. The van der Waals surface area contributed by atoms with E-state index in [2.05, 4.69) is 10.3 Å². The van der Waals surface area contributed by atoms with Gasteiger partial charge in [0, 0.05) is 19.8 Å². The van der Waals surface area contributed by atoms with Gasteiger partial charge in [-0.1, -0.05) is 5.21 Å². The second-order valence-corrected chi connectivity index (χ2v) is 8.25. The van der Waals surface area contributed by atoms with Crippen molar-refractivity contribution in [3.8, 4) is 5.75 Å². The maximum atomic E-state index is 12.4. The van der Waals surface area contributed by atoms with Crippen LogP contribution in [0.3, 0.4) is 0 Å². The van der Waals surface area contributed by atoms with Crippen molar-refractivity contribution in [1.82, 2.24) is 15.0 Å². The van der Waals surface area contributed by atoms with E-state index in [1.165, 1.54) is 0 Å². The molecule has 0 N–H and O–H groups in total. The van der Waals surface area contributed by atoms with Gasteiger partial charge < -0.3 is 23.8 Å². The Labute approximate surface area is 196 Å². The zero-order valence-corrected chi connectivity index (χ0v) is 20.5. The van der Waals surface area contributed by atoms with Gasteiger partial charge >= 0.3 is 5.91 Å². The second kappa shape index (κ2) is 13.9. The predicted octanol–water partition coefficient (Wildman–Crippen LogP) is 1.71. The molecular formula is C23H38N5O5+. The summed E-state index contributed by atoms with van der Waals surface area (Å²) in [6.45, 7) is 6.63. The first-order valence-electron chi connectivity index (χ1n) is 11.2. The van der Waals surface area contributed by atoms with E-state index in [9.17, 15) is 4.79 Å². The number of quaternary nitrogens is 1. The molecule has 33 heavy (non-hydrogen) atoms. The van der Waals surface area contributed by atoms with Crippen molar-refractivity contribution in [1.29, 1.82) is 0 Å². The van der Waals surface area contributed by atoms with Crippen LogP contribution in [0.5, 0.6) is 5.75 Å². The van der Waals surface area contributed by atoms with E-state index in [-0.39, 0.29) is 10.4 Å². The van der Waals surface area contributed by atoms with Crippen molar-refractivity contribution in [3.05, 3.63) is 36.2 Å². The third-order valence-electron chi connectivity index (χ3n) is 5.16. The number of rotatable bonds is 16. The van der Waals surface area contributed by atoms with Gasteiger partial charge in [-0.15, -0.1) is 5.10 Å². The SMILES string of the molecule is CC[N+](C)(C)C(=O)c1cn(CCOCCOCCOCCOc2ccc(N(C)C)cc2)nn1. The molecule has 1 aromatic heterocycles. The van der Waals surface area contributed by atoms with Crippen LogP contribution >= 0.6 is 0 Å². The predicted molar refractivity (Wildman–Crippen MR) is 126 cm³/mol. The van der Waals surface area contributed by atoms with Gasteiger partial charge in [0.15, 0.2) is 0 Å². The average Bonchev–Trinajstić information content (AvgIpc) is 3.28. The lowest BCUT2D eigenvalue weighted by molar-refractivity contribution is -0.805. The minimum atomic E-state index is -0.0505. The van der Waals surface area contributed by atoms with Crippen molar-refractivity contribution in [2.24, 2.45) is 0 Å². The molecule has 10 nitrogen and oxygen atoms in total. The number of carbonyl (C=O) groups is 1. The molecule has 0 aliphatic carbocycles. The van der Waals surface area contributed by atoms with Gasteiger partial charge in [0.1, 0.15) is 12.4 Å². The molecule has 0 aliphatic rings. The van der Waals surface area contributed by atoms with Crippen LogP contribution in [0, 0.1) is 0 Å². The molecule has 0 fully saturated rings. The van der Waals surface area contributed by atoms with E-state index in [1.54, 1.807) is 10.9 Å². The van der Waals surface area contributed by atoms with E-state index < -0.39 is 0 Å². The van der Waals surface area contributed by atoms with Gasteiger partial charge in [0.05, 0.1) is 73.0 Å². The maximum Gasteiger partial charge on any atom is 0.367 e.